The largest absolute Gasteiger partial charge is 0.496 e. The number of hydrogen-bond acceptors (Lipinski definition) is 4. The van der Waals surface area contributed by atoms with Crippen LogP contribution >= 0.6 is 0 Å². The van der Waals surface area contributed by atoms with E-state index < -0.39 is 0 Å². The predicted molar refractivity (Wildman–Crippen MR) is 88.7 cm³/mol. The molecule has 1 aliphatic rings. The van der Waals surface area contributed by atoms with Crippen LogP contribution in [0.5, 0.6) is 5.75 Å². The third-order valence-electron chi connectivity index (χ3n) is 4.08. The maximum absolute atomic E-state index is 12.4. The monoisotopic (exact) mass is 307 g/mol. The summed E-state index contributed by atoms with van der Waals surface area (Å²) >= 11 is 0. The average Bonchev–Trinajstić information content (AvgIpc) is 2.57. The number of anilines is 1. The number of allylic oxidation sites excluding steroid dienone is 2. The number of aryl methyl sites for hydroxylation is 1. The van der Waals surface area contributed by atoms with Crippen molar-refractivity contribution in [3.05, 3.63) is 68.8 Å². The number of nitrogens with one attached hydrogen (secondary N) is 2. The van der Waals surface area contributed by atoms with Gasteiger partial charge in [0.15, 0.2) is 0 Å². The Morgan fingerprint density at radius 1 is 1.30 bits per heavy atom. The summed E-state index contributed by atoms with van der Waals surface area (Å²) in [5, 5.41) is 12.3. The summed E-state index contributed by atoms with van der Waals surface area (Å²) < 4.78 is 5.45. The first-order valence-electron chi connectivity index (χ1n) is 7.30. The molecule has 2 aromatic rings. The van der Waals surface area contributed by atoms with Gasteiger partial charge in [-0.1, -0.05) is 12.1 Å². The maximum atomic E-state index is 12.4. The molecule has 2 N–H and O–H groups in total. The van der Waals surface area contributed by atoms with E-state index in [1.165, 1.54) is 0 Å². The molecule has 0 amide bonds. The van der Waals surface area contributed by atoms with Crippen LogP contribution in [0.2, 0.25) is 0 Å². The molecule has 1 aliphatic heterocycles. The molecule has 0 fully saturated rings. The maximum Gasteiger partial charge on any atom is 0.254 e. The first-order chi connectivity index (χ1) is 11.0. The van der Waals surface area contributed by atoms with Crippen LogP contribution in [0.3, 0.4) is 0 Å². The number of ether oxygens (including phenoxy) is 1. The number of nitriles is 1. The highest BCUT2D eigenvalue weighted by Crippen LogP contribution is 2.39. The highest BCUT2D eigenvalue weighted by molar-refractivity contribution is 5.67. The van der Waals surface area contributed by atoms with Crippen molar-refractivity contribution >= 4 is 5.69 Å². The van der Waals surface area contributed by atoms with Crippen LogP contribution in [-0.2, 0) is 0 Å². The number of aromatic amines is 1. The number of hydrogen-bond donors (Lipinski definition) is 2. The Labute approximate surface area is 134 Å². The SMILES string of the molecule is COc1cc(C#N)ccc1C1C=C(C)Nc2c(C)c[nH]c(=O)c21. The van der Waals surface area contributed by atoms with Gasteiger partial charge in [-0.15, -0.1) is 0 Å². The minimum Gasteiger partial charge on any atom is -0.496 e. The average molecular weight is 307 g/mol. The Morgan fingerprint density at radius 2 is 2.09 bits per heavy atom. The lowest BCUT2D eigenvalue weighted by Crippen LogP contribution is -2.23. The Balaban J connectivity index is 2.26. The van der Waals surface area contributed by atoms with Gasteiger partial charge in [0.2, 0.25) is 0 Å². The lowest BCUT2D eigenvalue weighted by molar-refractivity contribution is 0.409. The predicted octanol–water partition coefficient (Wildman–Crippen LogP) is 3.02. The molecule has 1 atom stereocenters. The van der Waals surface area contributed by atoms with Gasteiger partial charge in [0.25, 0.3) is 5.56 Å². The lowest BCUT2D eigenvalue weighted by Gasteiger charge is -2.26. The first kappa shape index (κ1) is 14.9. The van der Waals surface area contributed by atoms with Gasteiger partial charge in [0.1, 0.15) is 5.75 Å². The van der Waals surface area contributed by atoms with E-state index in [1.807, 2.05) is 26.0 Å². The van der Waals surface area contributed by atoms with Crippen LogP contribution in [0.4, 0.5) is 5.69 Å². The summed E-state index contributed by atoms with van der Waals surface area (Å²) in [4.78, 5) is 15.2. The number of aromatic nitrogens is 1. The number of methoxy groups -OCH3 is 1. The van der Waals surface area contributed by atoms with Crippen LogP contribution in [0.1, 0.15) is 35.1 Å². The summed E-state index contributed by atoms with van der Waals surface area (Å²) in [5.74, 6) is 0.379. The molecule has 1 aromatic heterocycles. The quantitative estimate of drug-likeness (QED) is 0.894. The van der Waals surface area contributed by atoms with E-state index in [0.29, 0.717) is 16.9 Å². The molecule has 5 nitrogen and oxygen atoms in total. The second-order valence-electron chi connectivity index (χ2n) is 5.61. The molecular weight excluding hydrogens is 290 g/mol. The van der Waals surface area contributed by atoms with Gasteiger partial charge >= 0.3 is 0 Å². The number of H-pyrrole nitrogens is 1. The van der Waals surface area contributed by atoms with Crippen molar-refractivity contribution in [1.82, 2.24) is 4.98 Å². The molecule has 0 saturated heterocycles. The van der Waals surface area contributed by atoms with Crippen LogP contribution in [-0.4, -0.2) is 12.1 Å². The standard InChI is InChI=1S/C18H17N3O2/c1-10-9-20-18(22)16-14(6-11(2)21-17(10)16)13-5-4-12(8-19)7-15(13)23-3/h4-7,9,14,21H,1-3H3,(H,20,22). The third kappa shape index (κ3) is 2.49. The van der Waals surface area contributed by atoms with E-state index >= 15 is 0 Å². The Morgan fingerprint density at radius 3 is 2.78 bits per heavy atom. The second kappa shape index (κ2) is 5.65. The van der Waals surface area contributed by atoms with E-state index in [-0.39, 0.29) is 11.5 Å². The summed E-state index contributed by atoms with van der Waals surface area (Å²) in [6, 6.07) is 7.40. The minimum atomic E-state index is -0.224. The zero-order valence-corrected chi connectivity index (χ0v) is 13.2. The molecule has 0 saturated carbocycles. The summed E-state index contributed by atoms with van der Waals surface area (Å²) in [6.07, 6.45) is 3.71. The Bertz CT molecular complexity index is 903. The van der Waals surface area contributed by atoms with E-state index in [4.69, 9.17) is 10.00 Å². The number of fused-ring (bicyclic) bond motifs is 1. The molecule has 1 unspecified atom stereocenters. The van der Waals surface area contributed by atoms with Crippen LogP contribution in [0, 0.1) is 18.3 Å². The van der Waals surface area contributed by atoms with Crippen molar-refractivity contribution in [2.75, 3.05) is 12.4 Å². The molecule has 2 heterocycles. The Hall–Kier alpha value is -3.00. The number of nitrogens with zero attached hydrogens (tertiary/aromatic N) is 1. The molecule has 116 valence electrons. The van der Waals surface area contributed by atoms with Gasteiger partial charge in [0.05, 0.1) is 30.0 Å². The van der Waals surface area contributed by atoms with E-state index in [0.717, 1.165) is 22.5 Å². The number of rotatable bonds is 2. The smallest absolute Gasteiger partial charge is 0.254 e. The molecule has 1 aromatic carbocycles. The van der Waals surface area contributed by atoms with Crippen molar-refractivity contribution in [3.63, 3.8) is 0 Å². The zero-order valence-electron chi connectivity index (χ0n) is 13.2. The molecule has 23 heavy (non-hydrogen) atoms. The summed E-state index contributed by atoms with van der Waals surface area (Å²) in [5.41, 5.74) is 4.72. The van der Waals surface area contributed by atoms with Gasteiger partial charge in [-0.05, 0) is 31.5 Å². The molecule has 0 spiro atoms. The van der Waals surface area contributed by atoms with Gasteiger partial charge in [-0.3, -0.25) is 4.79 Å². The molecule has 5 heteroatoms. The van der Waals surface area contributed by atoms with Crippen LogP contribution < -0.4 is 15.6 Å². The first-order valence-corrected chi connectivity index (χ1v) is 7.30. The zero-order chi connectivity index (χ0) is 16.6. The fourth-order valence-corrected chi connectivity index (χ4v) is 2.97. The fourth-order valence-electron chi connectivity index (χ4n) is 2.97. The van der Waals surface area contributed by atoms with Crippen molar-refractivity contribution in [2.24, 2.45) is 0 Å². The molecule has 3 rings (SSSR count). The van der Waals surface area contributed by atoms with Crippen LogP contribution in [0.25, 0.3) is 0 Å². The summed E-state index contributed by atoms with van der Waals surface area (Å²) in [6.45, 7) is 3.92. The Kier molecular flexibility index (Phi) is 3.67. The van der Waals surface area contributed by atoms with Crippen molar-refractivity contribution in [1.29, 1.82) is 5.26 Å². The van der Waals surface area contributed by atoms with Gasteiger partial charge in [-0.25, -0.2) is 0 Å². The fraction of sp³-hybridized carbons (Fsp3) is 0.222. The van der Waals surface area contributed by atoms with Crippen molar-refractivity contribution < 1.29 is 4.74 Å². The van der Waals surface area contributed by atoms with E-state index in [2.05, 4.69) is 16.4 Å². The number of pyridine rings is 1. The van der Waals surface area contributed by atoms with E-state index in [9.17, 15) is 4.79 Å². The van der Waals surface area contributed by atoms with Gasteiger partial charge in [0, 0.05) is 23.4 Å². The summed E-state index contributed by atoms with van der Waals surface area (Å²) in [7, 11) is 1.57. The molecular formula is C18H17N3O2. The van der Waals surface area contributed by atoms with Gasteiger partial charge in [-0.2, -0.15) is 5.26 Å². The lowest BCUT2D eigenvalue weighted by atomic mass is 9.86. The van der Waals surface area contributed by atoms with Crippen molar-refractivity contribution in [2.45, 2.75) is 19.8 Å². The number of benzene rings is 1. The third-order valence-corrected chi connectivity index (χ3v) is 4.08. The molecule has 0 aliphatic carbocycles. The van der Waals surface area contributed by atoms with E-state index in [1.54, 1.807) is 25.4 Å². The molecule has 0 radical (unpaired) electrons. The topological polar surface area (TPSA) is 77.9 Å². The van der Waals surface area contributed by atoms with Gasteiger partial charge < -0.3 is 15.0 Å². The second-order valence-corrected chi connectivity index (χ2v) is 5.61. The highest BCUT2D eigenvalue weighted by atomic mass is 16.5. The normalized spacial score (nSPS) is 15.9. The highest BCUT2D eigenvalue weighted by Gasteiger charge is 2.27. The minimum absolute atomic E-state index is 0.127. The van der Waals surface area contributed by atoms with Crippen LogP contribution in [0.15, 0.2) is 41.0 Å². The van der Waals surface area contributed by atoms with Crippen molar-refractivity contribution in [3.8, 4) is 11.8 Å². The molecule has 0 bridgehead atoms.